The first kappa shape index (κ1) is 19.5. The predicted molar refractivity (Wildman–Crippen MR) is 103 cm³/mol. The van der Waals surface area contributed by atoms with Gasteiger partial charge < -0.3 is 14.2 Å². The second-order valence-corrected chi connectivity index (χ2v) is 6.21. The van der Waals surface area contributed by atoms with E-state index in [1.165, 1.54) is 5.56 Å². The third-order valence-corrected chi connectivity index (χ3v) is 3.82. The molecule has 2 heterocycles. The number of aryl methyl sites for hydroxylation is 4. The largest absolute Gasteiger partial charge is 0.490 e. The van der Waals surface area contributed by atoms with Gasteiger partial charge in [-0.15, -0.1) is 10.2 Å². The van der Waals surface area contributed by atoms with E-state index in [4.69, 9.17) is 14.2 Å². The first-order valence-corrected chi connectivity index (χ1v) is 9.09. The molecule has 0 aliphatic heterocycles. The Hall–Kier alpha value is -3.29. The van der Waals surface area contributed by atoms with Crippen LogP contribution in [0.5, 0.6) is 23.5 Å². The van der Waals surface area contributed by atoms with Gasteiger partial charge in [-0.2, -0.15) is 9.97 Å². The number of hydrogen-bond donors (Lipinski definition) is 0. The normalized spacial score (nSPS) is 10.6. The number of ether oxygens (including phenoxy) is 3. The molecule has 0 fully saturated rings. The van der Waals surface area contributed by atoms with Crippen LogP contribution in [0.15, 0.2) is 30.3 Å². The molecule has 28 heavy (non-hydrogen) atoms. The summed E-state index contributed by atoms with van der Waals surface area (Å²) in [7, 11) is 0. The molecule has 8 heteroatoms. The van der Waals surface area contributed by atoms with Crippen molar-refractivity contribution in [1.82, 2.24) is 25.1 Å². The second-order valence-electron chi connectivity index (χ2n) is 6.21. The SMILES string of the molecule is CCc1nc(C)nc(Oc2ccc(OCCOc3ccc(C)cc3C)nn2)n1. The Bertz CT molecular complexity index is 932. The van der Waals surface area contributed by atoms with Gasteiger partial charge in [-0.3, -0.25) is 0 Å². The highest BCUT2D eigenvalue weighted by Crippen LogP contribution is 2.19. The fraction of sp³-hybridized carbons (Fsp3) is 0.350. The van der Waals surface area contributed by atoms with Crippen LogP contribution in [0.2, 0.25) is 0 Å². The molecule has 8 nitrogen and oxygen atoms in total. The Labute approximate surface area is 164 Å². The maximum absolute atomic E-state index is 5.73. The van der Waals surface area contributed by atoms with Gasteiger partial charge in [0.25, 0.3) is 0 Å². The van der Waals surface area contributed by atoms with Crippen molar-refractivity contribution in [3.63, 3.8) is 0 Å². The molecule has 0 aliphatic carbocycles. The van der Waals surface area contributed by atoms with Crippen molar-refractivity contribution >= 4 is 0 Å². The average molecular weight is 381 g/mol. The maximum atomic E-state index is 5.73. The van der Waals surface area contributed by atoms with Crippen molar-refractivity contribution < 1.29 is 14.2 Å². The second kappa shape index (κ2) is 9.07. The molecule has 0 saturated carbocycles. The lowest BCUT2D eigenvalue weighted by Crippen LogP contribution is -2.10. The average Bonchev–Trinajstić information content (AvgIpc) is 2.67. The van der Waals surface area contributed by atoms with E-state index < -0.39 is 0 Å². The Kier molecular flexibility index (Phi) is 6.31. The van der Waals surface area contributed by atoms with E-state index in [9.17, 15) is 0 Å². The zero-order valence-corrected chi connectivity index (χ0v) is 16.5. The number of hydrogen-bond acceptors (Lipinski definition) is 8. The summed E-state index contributed by atoms with van der Waals surface area (Å²) in [4.78, 5) is 12.6. The molecular weight excluding hydrogens is 358 g/mol. The third kappa shape index (κ3) is 5.35. The maximum Gasteiger partial charge on any atom is 0.326 e. The molecule has 0 amide bonds. The van der Waals surface area contributed by atoms with Gasteiger partial charge in [0, 0.05) is 18.6 Å². The van der Waals surface area contributed by atoms with Gasteiger partial charge in [-0.1, -0.05) is 24.6 Å². The Balaban J connectivity index is 1.50. The van der Waals surface area contributed by atoms with E-state index in [1.807, 2.05) is 26.0 Å². The molecule has 0 radical (unpaired) electrons. The molecule has 0 N–H and O–H groups in total. The minimum absolute atomic E-state index is 0.203. The quantitative estimate of drug-likeness (QED) is 0.548. The monoisotopic (exact) mass is 381 g/mol. The van der Waals surface area contributed by atoms with Crippen molar-refractivity contribution in [3.8, 4) is 23.5 Å². The van der Waals surface area contributed by atoms with E-state index in [0.717, 1.165) is 11.3 Å². The van der Waals surface area contributed by atoms with Crippen LogP contribution in [0.4, 0.5) is 0 Å². The summed E-state index contributed by atoms with van der Waals surface area (Å²) in [5.74, 6) is 2.78. The summed E-state index contributed by atoms with van der Waals surface area (Å²) >= 11 is 0. The van der Waals surface area contributed by atoms with Gasteiger partial charge in [-0.05, 0) is 32.4 Å². The first-order chi connectivity index (χ1) is 13.5. The molecule has 0 saturated heterocycles. The van der Waals surface area contributed by atoms with Gasteiger partial charge in [0.15, 0.2) is 0 Å². The molecule has 3 rings (SSSR count). The highest BCUT2D eigenvalue weighted by atomic mass is 16.5. The molecule has 0 aliphatic rings. The van der Waals surface area contributed by atoms with Crippen LogP contribution in [0, 0.1) is 20.8 Å². The van der Waals surface area contributed by atoms with Gasteiger partial charge >= 0.3 is 6.01 Å². The Morgan fingerprint density at radius 2 is 1.57 bits per heavy atom. The number of aromatic nitrogens is 5. The third-order valence-electron chi connectivity index (χ3n) is 3.82. The zero-order chi connectivity index (χ0) is 19.9. The highest BCUT2D eigenvalue weighted by Gasteiger charge is 2.07. The minimum atomic E-state index is 0.203. The number of nitrogens with zero attached hydrogens (tertiary/aromatic N) is 5. The highest BCUT2D eigenvalue weighted by molar-refractivity contribution is 5.35. The van der Waals surface area contributed by atoms with Crippen molar-refractivity contribution in [2.24, 2.45) is 0 Å². The van der Waals surface area contributed by atoms with Crippen LogP contribution in [0.3, 0.4) is 0 Å². The molecule has 0 spiro atoms. The Morgan fingerprint density at radius 1 is 0.821 bits per heavy atom. The van der Waals surface area contributed by atoms with E-state index in [2.05, 4.69) is 38.1 Å². The predicted octanol–water partition coefficient (Wildman–Crippen LogP) is 3.40. The molecule has 2 aromatic heterocycles. The fourth-order valence-corrected chi connectivity index (χ4v) is 2.51. The standard InChI is InChI=1S/C20H23N5O3/c1-5-17-21-15(4)22-20(23-17)28-19-9-8-18(24-25-19)27-11-10-26-16-7-6-13(2)12-14(16)3/h6-9,12H,5,10-11H2,1-4H3. The van der Waals surface area contributed by atoms with Crippen LogP contribution in [0.25, 0.3) is 0 Å². The summed E-state index contributed by atoms with van der Waals surface area (Å²) < 4.78 is 16.8. The topological polar surface area (TPSA) is 92.1 Å². The van der Waals surface area contributed by atoms with Crippen LogP contribution in [-0.4, -0.2) is 38.4 Å². The summed E-state index contributed by atoms with van der Waals surface area (Å²) in [5, 5.41) is 7.97. The van der Waals surface area contributed by atoms with Gasteiger partial charge in [-0.25, -0.2) is 4.98 Å². The molecule has 1 aromatic carbocycles. The van der Waals surface area contributed by atoms with E-state index in [1.54, 1.807) is 19.1 Å². The van der Waals surface area contributed by atoms with Crippen LogP contribution < -0.4 is 14.2 Å². The van der Waals surface area contributed by atoms with Gasteiger partial charge in [0.1, 0.15) is 30.6 Å². The van der Waals surface area contributed by atoms with Gasteiger partial charge in [0.2, 0.25) is 11.8 Å². The van der Waals surface area contributed by atoms with E-state index >= 15 is 0 Å². The van der Waals surface area contributed by atoms with E-state index in [-0.39, 0.29) is 11.9 Å². The first-order valence-electron chi connectivity index (χ1n) is 9.09. The fourth-order valence-electron chi connectivity index (χ4n) is 2.51. The lowest BCUT2D eigenvalue weighted by molar-refractivity contribution is 0.209. The molecule has 146 valence electrons. The van der Waals surface area contributed by atoms with Crippen molar-refractivity contribution in [1.29, 1.82) is 0 Å². The lowest BCUT2D eigenvalue weighted by atomic mass is 10.1. The lowest BCUT2D eigenvalue weighted by Gasteiger charge is -2.10. The van der Waals surface area contributed by atoms with Crippen molar-refractivity contribution in [2.45, 2.75) is 34.1 Å². The van der Waals surface area contributed by atoms with Crippen molar-refractivity contribution in [3.05, 3.63) is 53.1 Å². The van der Waals surface area contributed by atoms with Crippen LogP contribution in [-0.2, 0) is 6.42 Å². The minimum Gasteiger partial charge on any atom is -0.490 e. The zero-order valence-electron chi connectivity index (χ0n) is 16.5. The summed E-state index contributed by atoms with van der Waals surface area (Å²) in [6, 6.07) is 9.59. The number of rotatable bonds is 8. The molecule has 0 atom stereocenters. The summed E-state index contributed by atoms with van der Waals surface area (Å²) in [6.45, 7) is 8.59. The van der Waals surface area contributed by atoms with Gasteiger partial charge in [0.05, 0.1) is 0 Å². The van der Waals surface area contributed by atoms with Crippen molar-refractivity contribution in [2.75, 3.05) is 13.2 Å². The summed E-state index contributed by atoms with van der Waals surface area (Å²) in [6.07, 6.45) is 0.697. The molecular formula is C20H23N5O3. The summed E-state index contributed by atoms with van der Waals surface area (Å²) in [5.41, 5.74) is 2.30. The molecule has 0 unspecified atom stereocenters. The number of benzene rings is 1. The molecule has 3 aromatic rings. The van der Waals surface area contributed by atoms with Crippen LogP contribution in [0.1, 0.15) is 29.7 Å². The molecule has 0 bridgehead atoms. The Morgan fingerprint density at radius 3 is 2.29 bits per heavy atom. The van der Waals surface area contributed by atoms with E-state index in [0.29, 0.717) is 37.2 Å². The smallest absolute Gasteiger partial charge is 0.326 e. The van der Waals surface area contributed by atoms with Crippen LogP contribution >= 0.6 is 0 Å².